The van der Waals surface area contributed by atoms with Gasteiger partial charge in [-0.05, 0) is 66.5 Å². The second-order valence-electron chi connectivity index (χ2n) is 8.70. The molecule has 4 rings (SSSR count). The number of hydrogen-bond donors (Lipinski definition) is 0. The highest BCUT2D eigenvalue weighted by molar-refractivity contribution is 5.85. The normalized spacial score (nSPS) is 18.0. The summed E-state index contributed by atoms with van der Waals surface area (Å²) in [6, 6.07) is 11.4. The zero-order valence-corrected chi connectivity index (χ0v) is 17.5. The quantitative estimate of drug-likeness (QED) is 0.510. The van der Waals surface area contributed by atoms with Crippen LogP contribution in [0.3, 0.4) is 0 Å². The van der Waals surface area contributed by atoms with Crippen LogP contribution >= 0.6 is 0 Å². The SMILES string of the molecule is CCCN1CCc2cccc3c2C1Cc1ccc(C)c(OC(=O)CC(C)C)c1-3. The van der Waals surface area contributed by atoms with E-state index in [9.17, 15) is 4.79 Å². The Morgan fingerprint density at radius 1 is 1.21 bits per heavy atom. The van der Waals surface area contributed by atoms with E-state index in [-0.39, 0.29) is 5.97 Å². The van der Waals surface area contributed by atoms with Gasteiger partial charge < -0.3 is 4.74 Å². The maximum absolute atomic E-state index is 12.5. The van der Waals surface area contributed by atoms with Crippen molar-refractivity contribution in [1.29, 1.82) is 0 Å². The summed E-state index contributed by atoms with van der Waals surface area (Å²) in [5.41, 5.74) is 7.66. The number of carbonyl (C=O) groups excluding carboxylic acids is 1. The third kappa shape index (κ3) is 3.37. The van der Waals surface area contributed by atoms with Crippen molar-refractivity contribution < 1.29 is 9.53 Å². The van der Waals surface area contributed by atoms with Crippen molar-refractivity contribution in [3.63, 3.8) is 0 Å². The Balaban J connectivity index is 1.82. The molecule has 0 amide bonds. The van der Waals surface area contributed by atoms with Crippen molar-refractivity contribution in [2.24, 2.45) is 5.92 Å². The molecular formula is C25H31NO2. The van der Waals surface area contributed by atoms with E-state index in [0.29, 0.717) is 18.4 Å². The lowest BCUT2D eigenvalue weighted by Crippen LogP contribution is -2.38. The van der Waals surface area contributed by atoms with Gasteiger partial charge in [-0.3, -0.25) is 9.69 Å². The predicted molar refractivity (Wildman–Crippen MR) is 114 cm³/mol. The van der Waals surface area contributed by atoms with Gasteiger partial charge in [0.1, 0.15) is 5.75 Å². The summed E-state index contributed by atoms with van der Waals surface area (Å²) in [4.78, 5) is 15.1. The number of hydrogen-bond acceptors (Lipinski definition) is 3. The van der Waals surface area contributed by atoms with E-state index >= 15 is 0 Å². The van der Waals surface area contributed by atoms with Gasteiger partial charge in [-0.15, -0.1) is 0 Å². The Morgan fingerprint density at radius 2 is 2.04 bits per heavy atom. The topological polar surface area (TPSA) is 29.5 Å². The van der Waals surface area contributed by atoms with Crippen LogP contribution in [0.4, 0.5) is 0 Å². The predicted octanol–water partition coefficient (Wildman–Crippen LogP) is 5.48. The Labute approximate surface area is 168 Å². The molecule has 0 spiro atoms. The maximum Gasteiger partial charge on any atom is 0.311 e. The summed E-state index contributed by atoms with van der Waals surface area (Å²) >= 11 is 0. The number of esters is 1. The first kappa shape index (κ1) is 19.2. The number of benzene rings is 2. The average molecular weight is 378 g/mol. The average Bonchev–Trinajstić information content (AvgIpc) is 2.65. The van der Waals surface area contributed by atoms with Crippen LogP contribution in [0.25, 0.3) is 11.1 Å². The fraction of sp³-hybridized carbons (Fsp3) is 0.480. The largest absolute Gasteiger partial charge is 0.426 e. The summed E-state index contributed by atoms with van der Waals surface area (Å²) in [7, 11) is 0. The van der Waals surface area contributed by atoms with Crippen molar-refractivity contribution in [1.82, 2.24) is 4.90 Å². The van der Waals surface area contributed by atoms with Crippen molar-refractivity contribution in [3.05, 3.63) is 52.6 Å². The monoisotopic (exact) mass is 377 g/mol. The van der Waals surface area contributed by atoms with Crippen molar-refractivity contribution in [3.8, 4) is 16.9 Å². The van der Waals surface area contributed by atoms with Gasteiger partial charge in [-0.1, -0.05) is 51.1 Å². The first-order valence-electron chi connectivity index (χ1n) is 10.7. The molecule has 3 heteroatoms. The maximum atomic E-state index is 12.5. The van der Waals surface area contributed by atoms with Gasteiger partial charge in [-0.25, -0.2) is 0 Å². The minimum atomic E-state index is -0.133. The molecule has 28 heavy (non-hydrogen) atoms. The lowest BCUT2D eigenvalue weighted by Gasteiger charge is -2.42. The molecule has 1 aliphatic carbocycles. The fourth-order valence-electron chi connectivity index (χ4n) is 4.85. The lowest BCUT2D eigenvalue weighted by atomic mass is 9.76. The molecule has 2 aliphatic rings. The van der Waals surface area contributed by atoms with E-state index in [1.807, 2.05) is 6.92 Å². The number of ether oxygens (including phenoxy) is 1. The van der Waals surface area contributed by atoms with Crippen molar-refractivity contribution >= 4 is 5.97 Å². The van der Waals surface area contributed by atoms with E-state index in [2.05, 4.69) is 56.0 Å². The van der Waals surface area contributed by atoms with E-state index < -0.39 is 0 Å². The van der Waals surface area contributed by atoms with Gasteiger partial charge in [0.25, 0.3) is 0 Å². The van der Waals surface area contributed by atoms with E-state index in [1.165, 1.54) is 28.7 Å². The standard InChI is InChI=1S/C25H31NO2/c1-5-12-26-13-11-18-7-6-8-20-23(18)21(26)15-19-10-9-17(4)25(24(19)20)28-22(27)14-16(2)3/h6-10,16,21H,5,11-15H2,1-4H3. The molecule has 1 heterocycles. The van der Waals surface area contributed by atoms with E-state index in [4.69, 9.17) is 4.74 Å². The van der Waals surface area contributed by atoms with Gasteiger partial charge in [0.05, 0.1) is 0 Å². The molecule has 2 aromatic rings. The highest BCUT2D eigenvalue weighted by Gasteiger charge is 2.35. The first-order valence-corrected chi connectivity index (χ1v) is 10.7. The van der Waals surface area contributed by atoms with Crippen LogP contribution < -0.4 is 4.74 Å². The molecule has 3 nitrogen and oxygen atoms in total. The minimum Gasteiger partial charge on any atom is -0.426 e. The van der Waals surface area contributed by atoms with Crippen LogP contribution in [-0.4, -0.2) is 24.0 Å². The third-order valence-electron chi connectivity index (χ3n) is 6.06. The van der Waals surface area contributed by atoms with E-state index in [1.54, 1.807) is 0 Å². The van der Waals surface area contributed by atoms with Gasteiger partial charge in [0, 0.05) is 24.6 Å². The highest BCUT2D eigenvalue weighted by Crippen LogP contribution is 2.49. The van der Waals surface area contributed by atoms with Gasteiger partial charge >= 0.3 is 5.97 Å². The number of aryl methyl sites for hydroxylation is 1. The Kier molecular flexibility index (Phi) is 5.29. The number of carbonyl (C=O) groups is 1. The Hall–Kier alpha value is -2.13. The highest BCUT2D eigenvalue weighted by atomic mass is 16.5. The summed E-state index contributed by atoms with van der Waals surface area (Å²) in [5.74, 6) is 0.928. The van der Waals surface area contributed by atoms with Gasteiger partial charge in [-0.2, -0.15) is 0 Å². The Morgan fingerprint density at radius 3 is 2.79 bits per heavy atom. The van der Waals surface area contributed by atoms with Gasteiger partial charge in [0.15, 0.2) is 0 Å². The molecular weight excluding hydrogens is 346 g/mol. The number of nitrogens with zero attached hydrogens (tertiary/aromatic N) is 1. The Bertz CT molecular complexity index is 900. The first-order chi connectivity index (χ1) is 13.5. The van der Waals surface area contributed by atoms with Crippen molar-refractivity contribution in [2.45, 2.75) is 59.4 Å². The second kappa shape index (κ2) is 7.71. The molecule has 148 valence electrons. The smallest absolute Gasteiger partial charge is 0.311 e. The molecule has 0 saturated carbocycles. The zero-order chi connectivity index (χ0) is 19.8. The number of fused-ring (bicyclic) bond motifs is 2. The fourth-order valence-corrected chi connectivity index (χ4v) is 4.85. The summed E-state index contributed by atoms with van der Waals surface area (Å²) in [5, 5.41) is 0. The minimum absolute atomic E-state index is 0.133. The van der Waals surface area contributed by atoms with Crippen LogP contribution in [0.2, 0.25) is 0 Å². The molecule has 0 radical (unpaired) electrons. The van der Waals surface area contributed by atoms with Crippen molar-refractivity contribution in [2.75, 3.05) is 13.1 Å². The zero-order valence-electron chi connectivity index (χ0n) is 17.5. The van der Waals surface area contributed by atoms with E-state index in [0.717, 1.165) is 42.8 Å². The molecule has 0 bridgehead atoms. The molecule has 1 unspecified atom stereocenters. The van der Waals surface area contributed by atoms with Crippen LogP contribution in [0.5, 0.6) is 5.75 Å². The third-order valence-corrected chi connectivity index (χ3v) is 6.06. The second-order valence-corrected chi connectivity index (χ2v) is 8.70. The summed E-state index contributed by atoms with van der Waals surface area (Å²) < 4.78 is 5.96. The molecule has 1 atom stereocenters. The summed E-state index contributed by atoms with van der Waals surface area (Å²) in [6.07, 6.45) is 3.72. The van der Waals surface area contributed by atoms with Crippen LogP contribution in [0, 0.1) is 12.8 Å². The van der Waals surface area contributed by atoms with Gasteiger partial charge in [0.2, 0.25) is 0 Å². The van der Waals surface area contributed by atoms with Crippen LogP contribution in [0.1, 0.15) is 61.9 Å². The molecule has 0 fully saturated rings. The number of rotatable bonds is 5. The lowest BCUT2D eigenvalue weighted by molar-refractivity contribution is -0.135. The molecule has 1 aliphatic heterocycles. The molecule has 0 N–H and O–H groups in total. The van der Waals surface area contributed by atoms with Crippen LogP contribution in [0.15, 0.2) is 30.3 Å². The molecule has 0 saturated heterocycles. The summed E-state index contributed by atoms with van der Waals surface area (Å²) in [6.45, 7) is 10.7. The molecule has 0 aromatic heterocycles. The van der Waals surface area contributed by atoms with Crippen LogP contribution in [-0.2, 0) is 17.6 Å². The molecule has 2 aromatic carbocycles.